The van der Waals surface area contributed by atoms with E-state index in [2.05, 4.69) is 9.97 Å². The molecule has 5 heteroatoms. The summed E-state index contributed by atoms with van der Waals surface area (Å²) < 4.78 is 15.0. The van der Waals surface area contributed by atoms with E-state index in [0.717, 1.165) is 29.8 Å². The first-order valence-corrected chi connectivity index (χ1v) is 6.57. The molecule has 0 aliphatic heterocycles. The Hall–Kier alpha value is -2.27. The van der Waals surface area contributed by atoms with Crippen molar-refractivity contribution in [3.8, 4) is 11.3 Å². The molecule has 0 saturated heterocycles. The highest BCUT2D eigenvalue weighted by Gasteiger charge is 2.14. The summed E-state index contributed by atoms with van der Waals surface area (Å²) in [6.07, 6.45) is 5.34. The Morgan fingerprint density at radius 3 is 2.75 bits per heavy atom. The number of nitrogens with two attached hydrogens (primary N) is 1. The second kappa shape index (κ2) is 5.38. The Balaban J connectivity index is 2.15. The zero-order valence-electron chi connectivity index (χ0n) is 11.0. The summed E-state index contributed by atoms with van der Waals surface area (Å²) >= 11 is 0. The number of aromatic nitrogens is 3. The van der Waals surface area contributed by atoms with E-state index in [4.69, 9.17) is 5.73 Å². The SMILES string of the molecule is NCCCc1c(-c2ccc(F)cc2)nc2ncccn12. The van der Waals surface area contributed by atoms with Crippen LogP contribution in [0, 0.1) is 5.82 Å². The first-order valence-electron chi connectivity index (χ1n) is 6.57. The molecule has 1 aromatic carbocycles. The molecule has 2 aromatic heterocycles. The fourth-order valence-electron chi connectivity index (χ4n) is 2.28. The lowest BCUT2D eigenvalue weighted by Crippen LogP contribution is -2.03. The Morgan fingerprint density at radius 1 is 1.20 bits per heavy atom. The lowest BCUT2D eigenvalue weighted by Gasteiger charge is -2.04. The molecule has 0 radical (unpaired) electrons. The van der Waals surface area contributed by atoms with Crippen molar-refractivity contribution >= 4 is 5.78 Å². The molecule has 0 saturated carbocycles. The van der Waals surface area contributed by atoms with E-state index in [-0.39, 0.29) is 5.82 Å². The van der Waals surface area contributed by atoms with Crippen LogP contribution in [0.2, 0.25) is 0 Å². The number of hydrogen-bond acceptors (Lipinski definition) is 3. The van der Waals surface area contributed by atoms with Crippen LogP contribution >= 0.6 is 0 Å². The van der Waals surface area contributed by atoms with Gasteiger partial charge in [0.25, 0.3) is 0 Å². The molecule has 2 heterocycles. The molecule has 102 valence electrons. The van der Waals surface area contributed by atoms with Gasteiger partial charge in [-0.2, -0.15) is 0 Å². The van der Waals surface area contributed by atoms with Gasteiger partial charge in [-0.05, 0) is 49.7 Å². The molecule has 0 unspecified atom stereocenters. The molecule has 3 aromatic rings. The highest BCUT2D eigenvalue weighted by atomic mass is 19.1. The molecule has 2 N–H and O–H groups in total. The maximum Gasteiger partial charge on any atom is 0.234 e. The smallest absolute Gasteiger partial charge is 0.234 e. The summed E-state index contributed by atoms with van der Waals surface area (Å²) in [5.41, 5.74) is 8.40. The number of benzene rings is 1. The molecular formula is C15H15FN4. The standard InChI is InChI=1S/C15H15FN4/c16-12-6-4-11(5-7-12)14-13(3-1-8-17)20-10-2-9-18-15(20)19-14/h2,4-7,9-10H,1,3,8,17H2. The summed E-state index contributed by atoms with van der Waals surface area (Å²) in [5, 5.41) is 0. The first kappa shape index (κ1) is 12.7. The Kier molecular flexibility index (Phi) is 3.43. The van der Waals surface area contributed by atoms with Crippen LogP contribution in [0.25, 0.3) is 17.0 Å². The van der Waals surface area contributed by atoms with Crippen molar-refractivity contribution in [1.29, 1.82) is 0 Å². The van der Waals surface area contributed by atoms with Crippen molar-refractivity contribution < 1.29 is 4.39 Å². The minimum Gasteiger partial charge on any atom is -0.330 e. The molecule has 0 spiro atoms. The number of aryl methyl sites for hydroxylation is 1. The van der Waals surface area contributed by atoms with Gasteiger partial charge in [0.05, 0.1) is 11.4 Å². The molecule has 0 atom stereocenters. The van der Waals surface area contributed by atoms with Crippen LogP contribution in [-0.2, 0) is 6.42 Å². The predicted octanol–water partition coefficient (Wildman–Crippen LogP) is 2.43. The van der Waals surface area contributed by atoms with Crippen molar-refractivity contribution in [2.45, 2.75) is 12.8 Å². The summed E-state index contributed by atoms with van der Waals surface area (Å²) in [5.74, 6) is 0.401. The second-order valence-corrected chi connectivity index (χ2v) is 4.60. The van der Waals surface area contributed by atoms with Crippen LogP contribution in [0.1, 0.15) is 12.1 Å². The largest absolute Gasteiger partial charge is 0.330 e. The molecule has 20 heavy (non-hydrogen) atoms. The van der Waals surface area contributed by atoms with Crippen molar-refractivity contribution in [2.75, 3.05) is 6.54 Å². The quantitative estimate of drug-likeness (QED) is 0.792. The maximum atomic E-state index is 13.1. The highest BCUT2D eigenvalue weighted by Crippen LogP contribution is 2.25. The number of hydrogen-bond donors (Lipinski definition) is 1. The van der Waals surface area contributed by atoms with Crippen LogP contribution in [0.5, 0.6) is 0 Å². The van der Waals surface area contributed by atoms with Crippen molar-refractivity contribution in [3.63, 3.8) is 0 Å². The topological polar surface area (TPSA) is 56.2 Å². The van der Waals surface area contributed by atoms with E-state index in [1.165, 1.54) is 12.1 Å². The minimum atomic E-state index is -0.251. The molecule has 0 amide bonds. The van der Waals surface area contributed by atoms with Gasteiger partial charge < -0.3 is 5.73 Å². The minimum absolute atomic E-state index is 0.251. The fourth-order valence-corrected chi connectivity index (χ4v) is 2.28. The Labute approximate surface area is 116 Å². The lowest BCUT2D eigenvalue weighted by molar-refractivity contribution is 0.628. The predicted molar refractivity (Wildman–Crippen MR) is 75.8 cm³/mol. The number of nitrogens with zero attached hydrogens (tertiary/aromatic N) is 3. The Morgan fingerprint density at radius 2 is 2.00 bits per heavy atom. The van der Waals surface area contributed by atoms with E-state index in [1.54, 1.807) is 18.3 Å². The van der Waals surface area contributed by atoms with Crippen molar-refractivity contribution in [3.05, 3.63) is 54.2 Å². The van der Waals surface area contributed by atoms with Crippen LogP contribution < -0.4 is 5.73 Å². The number of halogens is 1. The molecule has 0 aliphatic carbocycles. The lowest BCUT2D eigenvalue weighted by atomic mass is 10.1. The van der Waals surface area contributed by atoms with Gasteiger partial charge in [0.15, 0.2) is 0 Å². The van der Waals surface area contributed by atoms with Gasteiger partial charge in [-0.3, -0.25) is 4.40 Å². The zero-order valence-corrected chi connectivity index (χ0v) is 11.0. The third-order valence-corrected chi connectivity index (χ3v) is 3.24. The number of fused-ring (bicyclic) bond motifs is 1. The Bertz CT molecular complexity index is 718. The van der Waals surface area contributed by atoms with Crippen molar-refractivity contribution in [2.24, 2.45) is 5.73 Å². The number of rotatable bonds is 4. The summed E-state index contributed by atoms with van der Waals surface area (Å²) in [4.78, 5) is 8.81. The van der Waals surface area contributed by atoms with Crippen LogP contribution in [0.15, 0.2) is 42.7 Å². The summed E-state index contributed by atoms with van der Waals surface area (Å²) in [6.45, 7) is 0.621. The van der Waals surface area contributed by atoms with Gasteiger partial charge in [0.1, 0.15) is 5.82 Å². The molecule has 4 nitrogen and oxygen atoms in total. The van der Waals surface area contributed by atoms with Crippen LogP contribution in [0.3, 0.4) is 0 Å². The molecule has 0 bridgehead atoms. The van der Waals surface area contributed by atoms with E-state index in [9.17, 15) is 4.39 Å². The van der Waals surface area contributed by atoms with E-state index < -0.39 is 0 Å². The molecule has 3 rings (SSSR count). The van der Waals surface area contributed by atoms with E-state index >= 15 is 0 Å². The highest BCUT2D eigenvalue weighted by molar-refractivity contribution is 5.65. The fraction of sp³-hybridized carbons (Fsp3) is 0.200. The summed E-state index contributed by atoms with van der Waals surface area (Å²) in [7, 11) is 0. The monoisotopic (exact) mass is 270 g/mol. The third-order valence-electron chi connectivity index (χ3n) is 3.24. The maximum absolute atomic E-state index is 13.1. The van der Waals surface area contributed by atoms with E-state index in [1.807, 2.05) is 16.7 Å². The average molecular weight is 270 g/mol. The van der Waals surface area contributed by atoms with Crippen LogP contribution in [0.4, 0.5) is 4.39 Å². The van der Waals surface area contributed by atoms with Crippen LogP contribution in [-0.4, -0.2) is 20.9 Å². The van der Waals surface area contributed by atoms with Gasteiger partial charge in [-0.15, -0.1) is 0 Å². The molecular weight excluding hydrogens is 255 g/mol. The molecule has 0 fully saturated rings. The molecule has 0 aliphatic rings. The normalized spacial score (nSPS) is 11.1. The van der Waals surface area contributed by atoms with E-state index in [0.29, 0.717) is 12.3 Å². The third kappa shape index (κ3) is 2.28. The number of imidazole rings is 1. The average Bonchev–Trinajstić information content (AvgIpc) is 2.84. The van der Waals surface area contributed by atoms with Crippen molar-refractivity contribution in [1.82, 2.24) is 14.4 Å². The zero-order chi connectivity index (χ0) is 13.9. The van der Waals surface area contributed by atoms with Gasteiger partial charge in [-0.25, -0.2) is 14.4 Å². The van der Waals surface area contributed by atoms with Gasteiger partial charge in [-0.1, -0.05) is 0 Å². The summed E-state index contributed by atoms with van der Waals surface area (Å²) in [6, 6.07) is 8.24. The van der Waals surface area contributed by atoms with Gasteiger partial charge in [0, 0.05) is 18.0 Å². The van der Waals surface area contributed by atoms with Gasteiger partial charge >= 0.3 is 0 Å². The van der Waals surface area contributed by atoms with Gasteiger partial charge in [0.2, 0.25) is 5.78 Å². The second-order valence-electron chi connectivity index (χ2n) is 4.60. The first-order chi connectivity index (χ1) is 9.79.